The Morgan fingerprint density at radius 2 is 1.70 bits per heavy atom. The molecule has 0 amide bonds. The molecule has 138 valence electrons. The Morgan fingerprint density at radius 3 is 2.41 bits per heavy atom. The smallest absolute Gasteiger partial charge is 0.331 e. The molecule has 0 saturated carbocycles. The van der Waals surface area contributed by atoms with Crippen LogP contribution in [0.15, 0.2) is 83.9 Å². The Hall–Kier alpha value is -3.12. The summed E-state index contributed by atoms with van der Waals surface area (Å²) in [4.78, 5) is 12.1. The second kappa shape index (κ2) is 8.05. The van der Waals surface area contributed by atoms with Crippen LogP contribution in [-0.2, 0) is 26.2 Å². The third-order valence-electron chi connectivity index (χ3n) is 3.93. The van der Waals surface area contributed by atoms with E-state index in [0.717, 1.165) is 15.1 Å². The van der Waals surface area contributed by atoms with Crippen LogP contribution in [0.2, 0.25) is 0 Å². The molecular formula is C21H19NO4S. The Morgan fingerprint density at radius 1 is 1.00 bits per heavy atom. The Labute approximate surface area is 158 Å². The van der Waals surface area contributed by atoms with E-state index in [1.807, 2.05) is 37.3 Å². The first-order valence-electron chi connectivity index (χ1n) is 8.35. The molecule has 5 nitrogen and oxygen atoms in total. The number of hydrogen-bond donors (Lipinski definition) is 0. The first-order valence-corrected chi connectivity index (χ1v) is 9.79. The van der Waals surface area contributed by atoms with Crippen molar-refractivity contribution in [1.82, 2.24) is 3.97 Å². The lowest BCUT2D eigenvalue weighted by atomic mass is 10.2. The van der Waals surface area contributed by atoms with E-state index >= 15 is 0 Å². The number of carbonyl (C=O) groups is 1. The van der Waals surface area contributed by atoms with E-state index in [4.69, 9.17) is 4.74 Å². The predicted molar refractivity (Wildman–Crippen MR) is 103 cm³/mol. The zero-order chi connectivity index (χ0) is 19.3. The fourth-order valence-electron chi connectivity index (χ4n) is 2.48. The van der Waals surface area contributed by atoms with Crippen LogP contribution in [0.4, 0.5) is 0 Å². The summed E-state index contributed by atoms with van der Waals surface area (Å²) in [6, 6.07) is 19.2. The summed E-state index contributed by atoms with van der Waals surface area (Å²) in [7, 11) is -3.73. The van der Waals surface area contributed by atoms with Crippen LogP contribution in [0.3, 0.4) is 0 Å². The van der Waals surface area contributed by atoms with Crippen molar-refractivity contribution in [3.8, 4) is 0 Å². The summed E-state index contributed by atoms with van der Waals surface area (Å²) in [6.45, 7) is 2.05. The lowest BCUT2D eigenvalue weighted by molar-refractivity contribution is -0.138. The maximum atomic E-state index is 12.8. The molecule has 0 N–H and O–H groups in total. The van der Waals surface area contributed by atoms with Crippen LogP contribution in [-0.4, -0.2) is 18.4 Å². The van der Waals surface area contributed by atoms with Gasteiger partial charge in [0.2, 0.25) is 0 Å². The van der Waals surface area contributed by atoms with Gasteiger partial charge in [0, 0.05) is 12.3 Å². The minimum Gasteiger partial charge on any atom is -0.458 e. The van der Waals surface area contributed by atoms with Crippen molar-refractivity contribution in [3.05, 3.63) is 95.8 Å². The van der Waals surface area contributed by atoms with Gasteiger partial charge >= 0.3 is 5.97 Å². The quantitative estimate of drug-likeness (QED) is 0.481. The Bertz CT molecular complexity index is 1050. The van der Waals surface area contributed by atoms with Crippen LogP contribution in [0.25, 0.3) is 6.08 Å². The number of aryl methyl sites for hydroxylation is 1. The molecule has 0 atom stereocenters. The molecule has 3 rings (SSSR count). The molecular weight excluding hydrogens is 362 g/mol. The first kappa shape index (κ1) is 18.7. The van der Waals surface area contributed by atoms with Gasteiger partial charge in [-0.1, -0.05) is 48.0 Å². The highest BCUT2D eigenvalue weighted by Gasteiger charge is 2.18. The fraction of sp³-hybridized carbons (Fsp3) is 0.0952. The maximum absolute atomic E-state index is 12.8. The Balaban J connectivity index is 1.73. The standard InChI is InChI=1S/C21H19NO4S/c1-17-9-12-20(13-10-17)27(24,25)22-15-5-8-19(22)11-14-21(23)26-16-18-6-3-2-4-7-18/h2-15H,16H2,1H3/b14-11+. The summed E-state index contributed by atoms with van der Waals surface area (Å²) in [5.41, 5.74) is 2.22. The van der Waals surface area contributed by atoms with E-state index in [9.17, 15) is 13.2 Å². The van der Waals surface area contributed by atoms with E-state index in [-0.39, 0.29) is 11.5 Å². The van der Waals surface area contributed by atoms with Gasteiger partial charge < -0.3 is 4.74 Å². The number of hydrogen-bond acceptors (Lipinski definition) is 4. The van der Waals surface area contributed by atoms with Crippen molar-refractivity contribution < 1.29 is 17.9 Å². The van der Waals surface area contributed by atoms with E-state index in [1.54, 1.807) is 36.4 Å². The molecule has 27 heavy (non-hydrogen) atoms. The first-order chi connectivity index (χ1) is 13.0. The second-order valence-electron chi connectivity index (χ2n) is 5.97. The Kier molecular flexibility index (Phi) is 5.57. The molecule has 0 spiro atoms. The molecule has 0 aliphatic heterocycles. The summed E-state index contributed by atoms with van der Waals surface area (Å²) in [5, 5.41) is 0. The SMILES string of the molecule is Cc1ccc(S(=O)(=O)n2cccc2/C=C/C(=O)OCc2ccccc2)cc1. The number of aromatic nitrogens is 1. The number of carbonyl (C=O) groups excluding carboxylic acids is 1. The van der Waals surface area contributed by atoms with Gasteiger partial charge in [0.05, 0.1) is 10.6 Å². The highest BCUT2D eigenvalue weighted by atomic mass is 32.2. The minimum atomic E-state index is -3.73. The van der Waals surface area contributed by atoms with Gasteiger partial charge in [0.1, 0.15) is 6.61 Å². The lowest BCUT2D eigenvalue weighted by Gasteiger charge is -2.08. The summed E-state index contributed by atoms with van der Waals surface area (Å²) < 4.78 is 31.9. The van der Waals surface area contributed by atoms with Gasteiger partial charge in [-0.25, -0.2) is 17.2 Å². The van der Waals surface area contributed by atoms with Crippen molar-refractivity contribution in [2.24, 2.45) is 0 Å². The van der Waals surface area contributed by atoms with Gasteiger partial charge in [-0.3, -0.25) is 0 Å². The second-order valence-corrected chi connectivity index (χ2v) is 7.79. The number of nitrogens with zero attached hydrogens (tertiary/aromatic N) is 1. The van der Waals surface area contributed by atoms with Crippen LogP contribution in [0.1, 0.15) is 16.8 Å². The number of ether oxygens (including phenoxy) is 1. The molecule has 0 bridgehead atoms. The van der Waals surface area contributed by atoms with Crippen molar-refractivity contribution in [2.45, 2.75) is 18.4 Å². The third kappa shape index (κ3) is 4.54. The van der Waals surface area contributed by atoms with Crippen molar-refractivity contribution >= 4 is 22.1 Å². The number of esters is 1. The number of benzene rings is 2. The summed E-state index contributed by atoms with van der Waals surface area (Å²) in [6.07, 6.45) is 4.10. The predicted octanol–water partition coefficient (Wildman–Crippen LogP) is 3.79. The number of rotatable bonds is 6. The fourth-order valence-corrected chi connectivity index (χ4v) is 3.82. The highest BCUT2D eigenvalue weighted by Crippen LogP contribution is 2.18. The normalized spacial score (nSPS) is 11.6. The van der Waals surface area contributed by atoms with Gasteiger partial charge in [-0.15, -0.1) is 0 Å². The molecule has 0 aliphatic carbocycles. The molecule has 0 unspecified atom stereocenters. The van der Waals surface area contributed by atoms with Crippen LogP contribution in [0, 0.1) is 6.92 Å². The molecule has 6 heteroatoms. The topological polar surface area (TPSA) is 65.4 Å². The molecule has 0 fully saturated rings. The van der Waals surface area contributed by atoms with E-state index in [2.05, 4.69) is 0 Å². The molecule has 2 aromatic carbocycles. The van der Waals surface area contributed by atoms with Crippen LogP contribution < -0.4 is 0 Å². The van der Waals surface area contributed by atoms with Gasteiger partial charge in [0.15, 0.2) is 0 Å². The largest absolute Gasteiger partial charge is 0.458 e. The van der Waals surface area contributed by atoms with E-state index < -0.39 is 16.0 Å². The van der Waals surface area contributed by atoms with Crippen molar-refractivity contribution in [1.29, 1.82) is 0 Å². The third-order valence-corrected chi connectivity index (χ3v) is 5.65. The van der Waals surface area contributed by atoms with Crippen LogP contribution >= 0.6 is 0 Å². The van der Waals surface area contributed by atoms with Gasteiger partial charge in [0.25, 0.3) is 10.0 Å². The summed E-state index contributed by atoms with van der Waals surface area (Å²) >= 11 is 0. The molecule has 1 heterocycles. The molecule has 3 aromatic rings. The highest BCUT2D eigenvalue weighted by molar-refractivity contribution is 7.90. The zero-order valence-corrected chi connectivity index (χ0v) is 15.6. The average Bonchev–Trinajstić information content (AvgIpc) is 3.15. The van der Waals surface area contributed by atoms with E-state index in [0.29, 0.717) is 5.69 Å². The molecule has 1 aromatic heterocycles. The van der Waals surface area contributed by atoms with Crippen molar-refractivity contribution in [2.75, 3.05) is 0 Å². The van der Waals surface area contributed by atoms with Gasteiger partial charge in [-0.2, -0.15) is 0 Å². The van der Waals surface area contributed by atoms with E-state index in [1.165, 1.54) is 18.3 Å². The van der Waals surface area contributed by atoms with Gasteiger partial charge in [-0.05, 0) is 42.8 Å². The molecule has 0 aliphatic rings. The molecule has 0 saturated heterocycles. The average molecular weight is 381 g/mol. The summed E-state index contributed by atoms with van der Waals surface area (Å²) in [5.74, 6) is -0.542. The van der Waals surface area contributed by atoms with Crippen LogP contribution in [0.5, 0.6) is 0 Å². The zero-order valence-electron chi connectivity index (χ0n) is 14.8. The maximum Gasteiger partial charge on any atom is 0.331 e. The molecule has 0 radical (unpaired) electrons. The minimum absolute atomic E-state index is 0.159. The van der Waals surface area contributed by atoms with Crippen molar-refractivity contribution in [3.63, 3.8) is 0 Å². The monoisotopic (exact) mass is 381 g/mol. The lowest BCUT2D eigenvalue weighted by Crippen LogP contribution is -2.13.